The summed E-state index contributed by atoms with van der Waals surface area (Å²) in [7, 11) is 1.63. The van der Waals surface area contributed by atoms with Crippen molar-refractivity contribution in [2.45, 2.75) is 13.0 Å². The van der Waals surface area contributed by atoms with E-state index in [1.807, 2.05) is 53.4 Å². The normalized spacial score (nSPS) is 14.2. The third kappa shape index (κ3) is 6.48. The number of H-pyrrole nitrogens is 1. The first-order valence-corrected chi connectivity index (χ1v) is 12.1. The number of hydrogen-bond acceptors (Lipinski definition) is 5. The lowest BCUT2D eigenvalue weighted by atomic mass is 10.1. The Balaban J connectivity index is 1.53. The van der Waals surface area contributed by atoms with Crippen LogP contribution >= 0.6 is 23.8 Å². The fraction of sp³-hybridized carbons (Fsp3) is 0.360. The second-order valence-electron chi connectivity index (χ2n) is 8.25. The summed E-state index contributed by atoms with van der Waals surface area (Å²) in [6, 6.07) is 14.9. The minimum Gasteiger partial charge on any atom is -0.497 e. The van der Waals surface area contributed by atoms with Crippen LogP contribution in [0.4, 0.5) is 5.69 Å². The van der Waals surface area contributed by atoms with Crippen LogP contribution < -0.4 is 15.6 Å². The molecule has 0 bridgehead atoms. The molecule has 0 spiro atoms. The van der Waals surface area contributed by atoms with Crippen LogP contribution in [0, 0.1) is 0 Å². The molecule has 1 aliphatic rings. The molecule has 1 aliphatic heterocycles. The zero-order chi connectivity index (χ0) is 23.9. The van der Waals surface area contributed by atoms with Crippen molar-refractivity contribution < 1.29 is 9.47 Å². The zero-order valence-electron chi connectivity index (χ0n) is 19.2. The Morgan fingerprint density at radius 3 is 2.82 bits per heavy atom. The lowest BCUT2D eigenvalue weighted by Crippen LogP contribution is -2.40. The maximum atomic E-state index is 12.9. The van der Waals surface area contributed by atoms with Gasteiger partial charge in [-0.05, 0) is 61.1 Å². The molecule has 1 aromatic heterocycles. The summed E-state index contributed by atoms with van der Waals surface area (Å²) in [4.78, 5) is 20.3. The maximum absolute atomic E-state index is 12.9. The number of benzene rings is 2. The number of ether oxygens (including phenoxy) is 2. The molecule has 0 aliphatic carbocycles. The van der Waals surface area contributed by atoms with E-state index in [1.165, 1.54) is 0 Å². The Morgan fingerprint density at radius 2 is 2.06 bits per heavy atom. The van der Waals surface area contributed by atoms with Gasteiger partial charge in [0.15, 0.2) is 5.11 Å². The lowest BCUT2D eigenvalue weighted by molar-refractivity contribution is 0.0367. The number of morpholine rings is 1. The molecule has 0 atom stereocenters. The van der Waals surface area contributed by atoms with Crippen LogP contribution in [0.5, 0.6) is 5.75 Å². The monoisotopic (exact) mass is 500 g/mol. The fourth-order valence-electron chi connectivity index (χ4n) is 4.01. The minimum absolute atomic E-state index is 0.124. The van der Waals surface area contributed by atoms with E-state index in [0.29, 0.717) is 28.8 Å². The summed E-state index contributed by atoms with van der Waals surface area (Å²) >= 11 is 11.9. The first-order valence-electron chi connectivity index (χ1n) is 11.3. The number of aromatic nitrogens is 1. The van der Waals surface area contributed by atoms with Gasteiger partial charge in [0.1, 0.15) is 5.75 Å². The maximum Gasteiger partial charge on any atom is 0.253 e. The highest BCUT2D eigenvalue weighted by atomic mass is 35.5. The smallest absolute Gasteiger partial charge is 0.253 e. The molecule has 2 N–H and O–H groups in total. The second kappa shape index (κ2) is 11.7. The number of nitrogens with zero attached hydrogens (tertiary/aromatic N) is 2. The van der Waals surface area contributed by atoms with Gasteiger partial charge in [-0.15, -0.1) is 0 Å². The molecule has 4 rings (SSSR count). The molecule has 180 valence electrons. The quantitative estimate of drug-likeness (QED) is 0.451. The average molecular weight is 501 g/mol. The lowest BCUT2D eigenvalue weighted by Gasteiger charge is -2.29. The molecule has 9 heteroatoms. The van der Waals surface area contributed by atoms with Gasteiger partial charge in [0.25, 0.3) is 5.56 Å². The Kier molecular flexibility index (Phi) is 8.39. The van der Waals surface area contributed by atoms with Crippen LogP contribution in [-0.4, -0.2) is 66.4 Å². The summed E-state index contributed by atoms with van der Waals surface area (Å²) in [5.41, 5.74) is 2.10. The first-order chi connectivity index (χ1) is 16.5. The molecule has 2 heterocycles. The molecule has 0 radical (unpaired) electrons. The van der Waals surface area contributed by atoms with E-state index in [9.17, 15) is 4.79 Å². The number of thiocarbonyl (C=S) groups is 1. The van der Waals surface area contributed by atoms with Gasteiger partial charge in [0.05, 0.1) is 26.9 Å². The number of hydrogen-bond donors (Lipinski definition) is 2. The SMILES string of the molecule is COc1ccc2[nH]c(=O)c(CN(CCCN3CCOCC3)C(=S)Nc3cccc(Cl)c3)cc2c1. The Morgan fingerprint density at radius 1 is 1.24 bits per heavy atom. The van der Waals surface area contributed by atoms with Crippen LogP contribution in [0.2, 0.25) is 5.02 Å². The molecule has 0 unspecified atom stereocenters. The molecular formula is C25H29ClN4O3S. The number of rotatable bonds is 8. The van der Waals surface area contributed by atoms with E-state index in [4.69, 9.17) is 33.3 Å². The first kappa shape index (κ1) is 24.5. The van der Waals surface area contributed by atoms with Crippen LogP contribution in [0.3, 0.4) is 0 Å². The van der Waals surface area contributed by atoms with Gasteiger partial charge >= 0.3 is 0 Å². The van der Waals surface area contributed by atoms with E-state index in [2.05, 4.69) is 15.2 Å². The van der Waals surface area contributed by atoms with Crippen molar-refractivity contribution in [3.8, 4) is 5.75 Å². The highest BCUT2D eigenvalue weighted by Gasteiger charge is 2.16. The molecule has 7 nitrogen and oxygen atoms in total. The molecule has 3 aromatic rings. The molecule has 0 amide bonds. The van der Waals surface area contributed by atoms with Gasteiger partial charge in [0, 0.05) is 53.4 Å². The number of pyridine rings is 1. The molecule has 2 aromatic carbocycles. The highest BCUT2D eigenvalue weighted by molar-refractivity contribution is 7.80. The molecule has 1 saturated heterocycles. The van der Waals surface area contributed by atoms with Gasteiger partial charge in [0.2, 0.25) is 0 Å². The van der Waals surface area contributed by atoms with Crippen LogP contribution in [0.15, 0.2) is 53.3 Å². The minimum atomic E-state index is -0.124. The van der Waals surface area contributed by atoms with Crippen molar-refractivity contribution in [1.82, 2.24) is 14.8 Å². The van der Waals surface area contributed by atoms with Gasteiger partial charge in [-0.1, -0.05) is 17.7 Å². The van der Waals surface area contributed by atoms with Gasteiger partial charge in [-0.2, -0.15) is 0 Å². The standard InChI is InChI=1S/C25H29ClN4O3S/c1-32-22-6-7-23-18(15-22)14-19(24(31)28-23)17-30(9-3-8-29-10-12-33-13-11-29)25(34)27-21-5-2-4-20(26)16-21/h2,4-7,14-16H,3,8-13,17H2,1H3,(H,27,34)(H,28,31). The van der Waals surface area contributed by atoms with Gasteiger partial charge in [-0.25, -0.2) is 0 Å². The zero-order valence-corrected chi connectivity index (χ0v) is 20.8. The highest BCUT2D eigenvalue weighted by Crippen LogP contribution is 2.20. The number of methoxy groups -OCH3 is 1. The molecular weight excluding hydrogens is 472 g/mol. The van der Waals surface area contributed by atoms with Crippen molar-refractivity contribution in [2.75, 3.05) is 51.8 Å². The van der Waals surface area contributed by atoms with Crippen molar-refractivity contribution in [2.24, 2.45) is 0 Å². The van der Waals surface area contributed by atoms with Crippen molar-refractivity contribution in [3.05, 3.63) is 69.5 Å². The number of anilines is 1. The van der Waals surface area contributed by atoms with E-state index >= 15 is 0 Å². The predicted molar refractivity (Wildman–Crippen MR) is 141 cm³/mol. The topological polar surface area (TPSA) is 69.8 Å². The van der Waals surface area contributed by atoms with Crippen molar-refractivity contribution >= 4 is 45.5 Å². The molecule has 1 fully saturated rings. The largest absolute Gasteiger partial charge is 0.497 e. The third-order valence-corrected chi connectivity index (χ3v) is 6.45. The van der Waals surface area contributed by atoms with Crippen molar-refractivity contribution in [1.29, 1.82) is 0 Å². The number of fused-ring (bicyclic) bond motifs is 1. The second-order valence-corrected chi connectivity index (χ2v) is 9.07. The van der Waals surface area contributed by atoms with E-state index in [0.717, 1.165) is 61.6 Å². The van der Waals surface area contributed by atoms with Crippen LogP contribution in [-0.2, 0) is 11.3 Å². The summed E-state index contributed by atoms with van der Waals surface area (Å²) in [5.74, 6) is 0.742. The summed E-state index contributed by atoms with van der Waals surface area (Å²) in [6.07, 6.45) is 0.913. The fourth-order valence-corrected chi connectivity index (χ4v) is 4.48. The summed E-state index contributed by atoms with van der Waals surface area (Å²) in [5, 5.41) is 5.37. The van der Waals surface area contributed by atoms with Crippen molar-refractivity contribution in [3.63, 3.8) is 0 Å². The van der Waals surface area contributed by atoms with E-state index in [1.54, 1.807) is 7.11 Å². The van der Waals surface area contributed by atoms with Crippen LogP contribution in [0.25, 0.3) is 10.9 Å². The van der Waals surface area contributed by atoms with Gasteiger partial charge < -0.3 is 24.7 Å². The molecule has 34 heavy (non-hydrogen) atoms. The Hall–Kier alpha value is -2.65. The summed E-state index contributed by atoms with van der Waals surface area (Å²) in [6.45, 7) is 5.47. The Labute approximate surface area is 209 Å². The summed E-state index contributed by atoms with van der Waals surface area (Å²) < 4.78 is 10.8. The number of halogens is 1. The van der Waals surface area contributed by atoms with Crippen LogP contribution in [0.1, 0.15) is 12.0 Å². The third-order valence-electron chi connectivity index (χ3n) is 5.86. The average Bonchev–Trinajstić information content (AvgIpc) is 2.84. The van der Waals surface area contributed by atoms with Gasteiger partial charge in [-0.3, -0.25) is 9.69 Å². The van der Waals surface area contributed by atoms with E-state index in [-0.39, 0.29) is 5.56 Å². The predicted octanol–water partition coefficient (Wildman–Crippen LogP) is 4.11. The Bertz CT molecular complexity index is 1200. The number of aromatic amines is 1. The number of nitrogens with one attached hydrogen (secondary N) is 2. The van der Waals surface area contributed by atoms with E-state index < -0.39 is 0 Å². The molecule has 0 saturated carbocycles.